The fraction of sp³-hybridized carbons (Fsp3) is 0.175. The minimum atomic E-state index is -0.253. The van der Waals surface area contributed by atoms with Crippen molar-refractivity contribution in [3.63, 3.8) is 0 Å². The summed E-state index contributed by atoms with van der Waals surface area (Å²) >= 11 is 0. The largest absolute Gasteiger partial charge is 0.310 e. The molecule has 8 aromatic carbocycles. The second-order valence-electron chi connectivity index (χ2n) is 19.4. The van der Waals surface area contributed by atoms with Crippen molar-refractivity contribution in [3.05, 3.63) is 251 Å². The molecular weight excluding hydrogens is 785 g/mol. The standard InChI is InChI=1S/C63H60N2/c1-11-45-19-23-47(24-20-45)61(5,6)49-27-31-51(32-28-49)64(53-17-13-15-43(3)39-53)55-35-37-57-58-38-36-56(42-60(58)63(9,10)59(57)41-55)65(54-18-14-16-44(4)40-54)52-33-29-50(30-34-52)62(7,8)48-25-21-46(12-2)22-26-48/h11-42H,1-2H2,3-10H3. The Labute approximate surface area is 387 Å². The first kappa shape index (κ1) is 43.1. The van der Waals surface area contributed by atoms with Crippen LogP contribution >= 0.6 is 0 Å². The highest BCUT2D eigenvalue weighted by Crippen LogP contribution is 2.53. The van der Waals surface area contributed by atoms with Gasteiger partial charge in [-0.2, -0.15) is 0 Å². The molecule has 322 valence electrons. The summed E-state index contributed by atoms with van der Waals surface area (Å²) in [6.45, 7) is 26.2. The van der Waals surface area contributed by atoms with Crippen LogP contribution in [-0.2, 0) is 16.2 Å². The van der Waals surface area contributed by atoms with Gasteiger partial charge in [-0.15, -0.1) is 0 Å². The van der Waals surface area contributed by atoms with Gasteiger partial charge in [0.25, 0.3) is 0 Å². The maximum atomic E-state index is 3.94. The van der Waals surface area contributed by atoms with E-state index in [4.69, 9.17) is 0 Å². The van der Waals surface area contributed by atoms with Gasteiger partial charge in [0.15, 0.2) is 0 Å². The predicted octanol–water partition coefficient (Wildman–Crippen LogP) is 17.5. The molecule has 0 bridgehead atoms. The number of rotatable bonds is 12. The second-order valence-corrected chi connectivity index (χ2v) is 19.4. The first-order valence-corrected chi connectivity index (χ1v) is 22.9. The third kappa shape index (κ3) is 7.93. The SMILES string of the molecule is C=Cc1ccc(C(C)(C)c2ccc(N(c3cccc(C)c3)c3ccc4c(c3)C(C)(C)c3cc(N(c5ccc(C(C)(C)c6ccc(C=C)cc6)cc5)c5cccc(C)c5)ccc3-4)cc2)cc1. The van der Waals surface area contributed by atoms with Crippen LogP contribution in [0.25, 0.3) is 23.3 Å². The van der Waals surface area contributed by atoms with Crippen LogP contribution in [0.3, 0.4) is 0 Å². The molecule has 0 saturated carbocycles. The van der Waals surface area contributed by atoms with Gasteiger partial charge in [0, 0.05) is 50.4 Å². The summed E-state index contributed by atoms with van der Waals surface area (Å²) in [5, 5.41) is 0. The van der Waals surface area contributed by atoms with E-state index in [9.17, 15) is 0 Å². The van der Waals surface area contributed by atoms with E-state index < -0.39 is 0 Å². The third-order valence-electron chi connectivity index (χ3n) is 14.1. The molecule has 1 aliphatic carbocycles. The average Bonchev–Trinajstić information content (AvgIpc) is 3.54. The van der Waals surface area contributed by atoms with Crippen molar-refractivity contribution in [2.24, 2.45) is 0 Å². The lowest BCUT2D eigenvalue weighted by Crippen LogP contribution is -2.19. The van der Waals surface area contributed by atoms with Crippen LogP contribution in [-0.4, -0.2) is 0 Å². The second kappa shape index (κ2) is 16.8. The molecule has 0 heterocycles. The molecule has 0 unspecified atom stereocenters. The van der Waals surface area contributed by atoms with Crippen LogP contribution in [0.2, 0.25) is 0 Å². The van der Waals surface area contributed by atoms with Gasteiger partial charge in [-0.05, 0) is 153 Å². The lowest BCUT2D eigenvalue weighted by atomic mass is 9.78. The highest BCUT2D eigenvalue weighted by Gasteiger charge is 2.37. The summed E-state index contributed by atoms with van der Waals surface area (Å²) in [5.74, 6) is 0. The van der Waals surface area contributed by atoms with Crippen LogP contribution in [0.15, 0.2) is 195 Å². The molecule has 0 spiro atoms. The third-order valence-corrected chi connectivity index (χ3v) is 14.1. The van der Waals surface area contributed by atoms with Gasteiger partial charge in [0.2, 0.25) is 0 Å². The summed E-state index contributed by atoms with van der Waals surface area (Å²) < 4.78 is 0. The Morgan fingerprint density at radius 2 is 0.692 bits per heavy atom. The highest BCUT2D eigenvalue weighted by atomic mass is 15.1. The van der Waals surface area contributed by atoms with Crippen LogP contribution in [0.4, 0.5) is 34.1 Å². The van der Waals surface area contributed by atoms with Gasteiger partial charge < -0.3 is 9.80 Å². The first-order chi connectivity index (χ1) is 31.2. The van der Waals surface area contributed by atoms with E-state index in [1.54, 1.807) is 0 Å². The maximum absolute atomic E-state index is 3.94. The van der Waals surface area contributed by atoms with Gasteiger partial charge in [-0.3, -0.25) is 0 Å². The lowest BCUT2D eigenvalue weighted by molar-refractivity contribution is 0.641. The van der Waals surface area contributed by atoms with E-state index in [1.165, 1.54) is 55.6 Å². The van der Waals surface area contributed by atoms with Crippen molar-refractivity contribution < 1.29 is 0 Å². The number of benzene rings is 8. The number of hydrogen-bond donors (Lipinski definition) is 0. The number of nitrogens with zero attached hydrogens (tertiary/aromatic N) is 2. The minimum absolute atomic E-state index is 0.164. The molecule has 8 aromatic rings. The van der Waals surface area contributed by atoms with Crippen molar-refractivity contribution in [1.82, 2.24) is 0 Å². The Morgan fingerprint density at radius 1 is 0.385 bits per heavy atom. The van der Waals surface area contributed by atoms with Crippen molar-refractivity contribution in [1.29, 1.82) is 0 Å². The monoisotopic (exact) mass is 844 g/mol. The van der Waals surface area contributed by atoms with E-state index in [0.29, 0.717) is 0 Å². The van der Waals surface area contributed by atoms with Crippen molar-refractivity contribution in [2.45, 2.75) is 71.6 Å². The van der Waals surface area contributed by atoms with Gasteiger partial charge in [-0.1, -0.05) is 176 Å². The molecule has 0 saturated heterocycles. The van der Waals surface area contributed by atoms with Gasteiger partial charge in [0.05, 0.1) is 0 Å². The summed E-state index contributed by atoms with van der Waals surface area (Å²) in [4.78, 5) is 4.82. The molecular formula is C63H60N2. The zero-order valence-corrected chi connectivity index (χ0v) is 39.3. The van der Waals surface area contributed by atoms with Crippen molar-refractivity contribution in [3.8, 4) is 11.1 Å². The number of fused-ring (bicyclic) bond motifs is 3. The Bertz CT molecular complexity index is 2830. The topological polar surface area (TPSA) is 6.48 Å². The molecule has 0 fully saturated rings. The fourth-order valence-corrected chi connectivity index (χ4v) is 9.88. The molecule has 0 aliphatic heterocycles. The molecule has 9 rings (SSSR count). The van der Waals surface area contributed by atoms with E-state index in [1.807, 2.05) is 12.2 Å². The highest BCUT2D eigenvalue weighted by molar-refractivity contribution is 5.88. The Morgan fingerprint density at radius 3 is 1.02 bits per heavy atom. The number of anilines is 6. The van der Waals surface area contributed by atoms with Crippen LogP contribution in [0, 0.1) is 13.8 Å². The first-order valence-electron chi connectivity index (χ1n) is 22.9. The Hall–Kier alpha value is -7.16. The number of aryl methyl sites for hydroxylation is 2. The summed E-state index contributed by atoms with van der Waals surface area (Å²) in [6, 6.07) is 67.6. The molecule has 2 nitrogen and oxygen atoms in total. The number of hydrogen-bond acceptors (Lipinski definition) is 2. The Balaban J connectivity index is 1.08. The van der Waals surface area contributed by atoms with Gasteiger partial charge >= 0.3 is 0 Å². The molecule has 0 aromatic heterocycles. The minimum Gasteiger partial charge on any atom is -0.310 e. The molecule has 0 N–H and O–H groups in total. The maximum Gasteiger partial charge on any atom is 0.0465 e. The molecule has 65 heavy (non-hydrogen) atoms. The quantitative estimate of drug-likeness (QED) is 0.121. The molecule has 1 aliphatic rings. The Kier molecular flexibility index (Phi) is 11.1. The molecule has 2 heteroatoms. The van der Waals surface area contributed by atoms with Crippen molar-refractivity contribution in [2.75, 3.05) is 9.80 Å². The summed E-state index contributed by atoms with van der Waals surface area (Å²) in [7, 11) is 0. The van der Waals surface area contributed by atoms with Crippen LogP contribution in [0.5, 0.6) is 0 Å². The van der Waals surface area contributed by atoms with E-state index in [2.05, 4.69) is 260 Å². The van der Waals surface area contributed by atoms with Crippen molar-refractivity contribution >= 4 is 46.3 Å². The molecule has 0 radical (unpaired) electrons. The zero-order valence-electron chi connectivity index (χ0n) is 39.3. The van der Waals surface area contributed by atoms with Gasteiger partial charge in [0.1, 0.15) is 0 Å². The average molecular weight is 845 g/mol. The normalized spacial score (nSPS) is 12.9. The molecule has 0 atom stereocenters. The summed E-state index contributed by atoms with van der Waals surface area (Å²) in [6.07, 6.45) is 3.80. The van der Waals surface area contributed by atoms with Crippen LogP contribution in [0.1, 0.15) is 97.2 Å². The molecule has 0 amide bonds. The van der Waals surface area contributed by atoms with E-state index in [0.717, 1.165) is 45.3 Å². The summed E-state index contributed by atoms with van der Waals surface area (Å²) in [5.41, 5.74) is 21.3. The van der Waals surface area contributed by atoms with Crippen LogP contribution < -0.4 is 9.80 Å². The van der Waals surface area contributed by atoms with Gasteiger partial charge in [-0.25, -0.2) is 0 Å². The van der Waals surface area contributed by atoms with E-state index >= 15 is 0 Å². The van der Waals surface area contributed by atoms with E-state index in [-0.39, 0.29) is 16.2 Å². The lowest BCUT2D eigenvalue weighted by Gasteiger charge is -2.31. The fourth-order valence-electron chi connectivity index (χ4n) is 9.88. The smallest absolute Gasteiger partial charge is 0.0465 e. The predicted molar refractivity (Wildman–Crippen MR) is 280 cm³/mol. The zero-order chi connectivity index (χ0) is 45.7.